The minimum absolute atomic E-state index is 0.118. The molecule has 24 heavy (non-hydrogen) atoms. The average molecular weight is 331 g/mol. The number of carboxylic acids is 1. The van der Waals surface area contributed by atoms with Gasteiger partial charge in [-0.1, -0.05) is 24.3 Å². The minimum Gasteiger partial charge on any atom is -0.481 e. The van der Waals surface area contributed by atoms with E-state index in [9.17, 15) is 24.3 Å². The van der Waals surface area contributed by atoms with E-state index in [0.717, 1.165) is 16.0 Å². The maximum atomic E-state index is 12.6. The van der Waals surface area contributed by atoms with Crippen molar-refractivity contribution in [3.8, 4) is 0 Å². The number of rotatable bonds is 4. The molecule has 8 nitrogen and oxygen atoms in total. The molecule has 126 valence electrons. The predicted molar refractivity (Wildman–Crippen MR) is 82.0 cm³/mol. The summed E-state index contributed by atoms with van der Waals surface area (Å²) >= 11 is 0. The first-order chi connectivity index (χ1) is 11.5. The molecule has 2 heterocycles. The fourth-order valence-corrected chi connectivity index (χ4v) is 3.18. The van der Waals surface area contributed by atoms with Gasteiger partial charge in [0.05, 0.1) is 19.0 Å². The van der Waals surface area contributed by atoms with Crippen molar-refractivity contribution < 1.29 is 24.3 Å². The third-order valence-corrected chi connectivity index (χ3v) is 4.33. The van der Waals surface area contributed by atoms with Gasteiger partial charge >= 0.3 is 12.0 Å². The molecule has 0 aliphatic carbocycles. The molecule has 4 amide bonds. The molecule has 8 heteroatoms. The van der Waals surface area contributed by atoms with Crippen molar-refractivity contribution in [2.24, 2.45) is 0 Å². The van der Waals surface area contributed by atoms with Crippen LogP contribution >= 0.6 is 0 Å². The maximum Gasteiger partial charge on any atom is 0.325 e. The standard InChI is InChI=1S/C16H17N3O5/c20-13-8-17-16(24)19(13)9-14(21)18-6-5-10-3-1-2-4-11(10)12(18)7-15(22)23/h1-4,12H,5-9H2,(H,17,24)(H,22,23). The highest BCUT2D eigenvalue weighted by Crippen LogP contribution is 2.32. The second kappa shape index (κ2) is 6.31. The predicted octanol–water partition coefficient (Wildman–Crippen LogP) is 0.139. The average Bonchev–Trinajstić information content (AvgIpc) is 2.86. The Hall–Kier alpha value is -2.90. The second-order valence-electron chi connectivity index (χ2n) is 5.79. The van der Waals surface area contributed by atoms with Gasteiger partial charge in [0, 0.05) is 6.54 Å². The summed E-state index contributed by atoms with van der Waals surface area (Å²) in [7, 11) is 0. The Morgan fingerprint density at radius 1 is 1.25 bits per heavy atom. The number of benzene rings is 1. The lowest BCUT2D eigenvalue weighted by molar-refractivity contribution is -0.143. The molecule has 3 rings (SSSR count). The van der Waals surface area contributed by atoms with Gasteiger partial charge in [0.25, 0.3) is 5.91 Å². The van der Waals surface area contributed by atoms with Crippen LogP contribution in [0.15, 0.2) is 24.3 Å². The van der Waals surface area contributed by atoms with Gasteiger partial charge in [-0.3, -0.25) is 19.3 Å². The summed E-state index contributed by atoms with van der Waals surface area (Å²) < 4.78 is 0. The molecule has 2 aliphatic rings. The molecule has 0 bridgehead atoms. The van der Waals surface area contributed by atoms with Gasteiger partial charge in [-0.2, -0.15) is 0 Å². The van der Waals surface area contributed by atoms with Crippen LogP contribution < -0.4 is 5.32 Å². The summed E-state index contributed by atoms with van der Waals surface area (Å²) in [5, 5.41) is 11.6. The molecule has 1 fully saturated rings. The molecule has 0 aromatic heterocycles. The summed E-state index contributed by atoms with van der Waals surface area (Å²) in [6.07, 6.45) is 0.390. The van der Waals surface area contributed by atoms with E-state index in [-0.39, 0.29) is 19.5 Å². The molecular formula is C16H17N3O5. The van der Waals surface area contributed by atoms with Crippen LogP contribution in [-0.4, -0.2) is 58.4 Å². The monoisotopic (exact) mass is 331 g/mol. The van der Waals surface area contributed by atoms with Crippen molar-refractivity contribution in [3.05, 3.63) is 35.4 Å². The minimum atomic E-state index is -1.01. The summed E-state index contributed by atoms with van der Waals surface area (Å²) in [6, 6.07) is 6.22. The molecule has 1 aromatic carbocycles. The molecule has 0 spiro atoms. The maximum absolute atomic E-state index is 12.6. The highest BCUT2D eigenvalue weighted by molar-refractivity contribution is 6.04. The number of urea groups is 1. The summed E-state index contributed by atoms with van der Waals surface area (Å²) in [4.78, 5) is 49.4. The molecule has 1 unspecified atom stereocenters. The highest BCUT2D eigenvalue weighted by Gasteiger charge is 2.36. The van der Waals surface area contributed by atoms with Gasteiger partial charge in [-0.05, 0) is 17.5 Å². The number of nitrogens with zero attached hydrogens (tertiary/aromatic N) is 2. The van der Waals surface area contributed by atoms with Crippen molar-refractivity contribution in [1.82, 2.24) is 15.1 Å². The Morgan fingerprint density at radius 2 is 2.00 bits per heavy atom. The number of fused-ring (bicyclic) bond motifs is 1. The van der Waals surface area contributed by atoms with Crippen LogP contribution in [0, 0.1) is 0 Å². The van der Waals surface area contributed by atoms with Gasteiger partial charge in [0.2, 0.25) is 5.91 Å². The van der Waals surface area contributed by atoms with E-state index in [2.05, 4.69) is 5.32 Å². The van der Waals surface area contributed by atoms with Gasteiger partial charge < -0.3 is 15.3 Å². The first-order valence-corrected chi connectivity index (χ1v) is 7.64. The molecule has 2 N–H and O–H groups in total. The molecule has 0 radical (unpaired) electrons. The molecule has 1 atom stereocenters. The SMILES string of the molecule is O=C(O)CC1c2ccccc2CCN1C(=O)CN1C(=O)CNC1=O. The quantitative estimate of drug-likeness (QED) is 0.763. The van der Waals surface area contributed by atoms with Crippen molar-refractivity contribution in [3.63, 3.8) is 0 Å². The lowest BCUT2D eigenvalue weighted by Crippen LogP contribution is -2.47. The van der Waals surface area contributed by atoms with Crippen LogP contribution in [0.3, 0.4) is 0 Å². The molecule has 1 aromatic rings. The van der Waals surface area contributed by atoms with E-state index in [1.54, 1.807) is 6.07 Å². The Labute approximate surface area is 138 Å². The lowest BCUT2D eigenvalue weighted by atomic mass is 9.90. The van der Waals surface area contributed by atoms with Crippen molar-refractivity contribution >= 4 is 23.8 Å². The molecule has 2 aliphatic heterocycles. The van der Waals surface area contributed by atoms with E-state index < -0.39 is 29.9 Å². The lowest BCUT2D eigenvalue weighted by Gasteiger charge is -2.37. The number of amides is 4. The second-order valence-corrected chi connectivity index (χ2v) is 5.79. The number of nitrogens with one attached hydrogen (secondary N) is 1. The summed E-state index contributed by atoms with van der Waals surface area (Å²) in [5.74, 6) is -1.90. The summed E-state index contributed by atoms with van der Waals surface area (Å²) in [6.45, 7) is -0.131. The van der Waals surface area contributed by atoms with Gasteiger partial charge in [0.1, 0.15) is 6.54 Å². The summed E-state index contributed by atoms with van der Waals surface area (Å²) in [5.41, 5.74) is 1.82. The number of carbonyl (C=O) groups is 4. The van der Waals surface area contributed by atoms with Crippen molar-refractivity contribution in [1.29, 1.82) is 0 Å². The smallest absolute Gasteiger partial charge is 0.325 e. The third-order valence-electron chi connectivity index (χ3n) is 4.33. The number of imide groups is 1. The zero-order valence-corrected chi connectivity index (χ0v) is 12.9. The van der Waals surface area contributed by atoms with Crippen LogP contribution in [0.4, 0.5) is 4.79 Å². The number of carboxylic acid groups (broad SMARTS) is 1. The van der Waals surface area contributed by atoms with Crippen LogP contribution in [0.2, 0.25) is 0 Å². The molecule has 1 saturated heterocycles. The van der Waals surface area contributed by atoms with Gasteiger partial charge in [-0.25, -0.2) is 4.79 Å². The number of carbonyl (C=O) groups excluding carboxylic acids is 3. The Balaban J connectivity index is 1.83. The first kappa shape index (κ1) is 16.0. The number of hydrogen-bond acceptors (Lipinski definition) is 4. The Morgan fingerprint density at radius 3 is 2.67 bits per heavy atom. The van der Waals surface area contributed by atoms with E-state index in [4.69, 9.17) is 0 Å². The van der Waals surface area contributed by atoms with Crippen LogP contribution in [0.5, 0.6) is 0 Å². The molecular weight excluding hydrogens is 314 g/mol. The Kier molecular flexibility index (Phi) is 4.20. The Bertz CT molecular complexity index is 701. The van der Waals surface area contributed by atoms with E-state index in [1.165, 1.54) is 4.90 Å². The zero-order chi connectivity index (χ0) is 17.3. The van der Waals surface area contributed by atoms with E-state index in [0.29, 0.717) is 13.0 Å². The van der Waals surface area contributed by atoms with Gasteiger partial charge in [-0.15, -0.1) is 0 Å². The number of hydrogen-bond donors (Lipinski definition) is 2. The van der Waals surface area contributed by atoms with Crippen molar-refractivity contribution in [2.75, 3.05) is 19.6 Å². The van der Waals surface area contributed by atoms with Crippen LogP contribution in [-0.2, 0) is 20.8 Å². The van der Waals surface area contributed by atoms with Crippen LogP contribution in [0.25, 0.3) is 0 Å². The van der Waals surface area contributed by atoms with E-state index >= 15 is 0 Å². The normalized spacial score (nSPS) is 19.9. The fourth-order valence-electron chi connectivity index (χ4n) is 3.18. The van der Waals surface area contributed by atoms with Crippen molar-refractivity contribution in [2.45, 2.75) is 18.9 Å². The third kappa shape index (κ3) is 2.94. The number of aliphatic carboxylic acids is 1. The largest absolute Gasteiger partial charge is 0.481 e. The van der Waals surface area contributed by atoms with Crippen LogP contribution in [0.1, 0.15) is 23.6 Å². The van der Waals surface area contributed by atoms with E-state index in [1.807, 2.05) is 18.2 Å². The highest BCUT2D eigenvalue weighted by atomic mass is 16.4. The first-order valence-electron chi connectivity index (χ1n) is 7.64. The topological polar surface area (TPSA) is 107 Å². The molecule has 0 saturated carbocycles. The fraction of sp³-hybridized carbons (Fsp3) is 0.375. The zero-order valence-electron chi connectivity index (χ0n) is 12.9. The van der Waals surface area contributed by atoms with Gasteiger partial charge in [0.15, 0.2) is 0 Å².